The summed E-state index contributed by atoms with van der Waals surface area (Å²) in [6, 6.07) is 5.69. The fourth-order valence-electron chi connectivity index (χ4n) is 1.63. The first-order valence-electron chi connectivity index (χ1n) is 4.46. The maximum Gasteiger partial charge on any atom is 0.125 e. The Morgan fingerprint density at radius 2 is 2.31 bits per heavy atom. The third-order valence-electron chi connectivity index (χ3n) is 2.30. The number of ether oxygens (including phenoxy) is 1. The molecule has 1 aliphatic heterocycles. The van der Waals surface area contributed by atoms with Crippen molar-refractivity contribution < 1.29 is 4.74 Å². The van der Waals surface area contributed by atoms with Gasteiger partial charge in [-0.2, -0.15) is 0 Å². The van der Waals surface area contributed by atoms with Gasteiger partial charge in [0, 0.05) is 16.6 Å². The lowest BCUT2D eigenvalue weighted by Gasteiger charge is -2.12. The van der Waals surface area contributed by atoms with E-state index in [0.717, 1.165) is 30.8 Å². The van der Waals surface area contributed by atoms with E-state index in [4.69, 9.17) is 22.1 Å². The van der Waals surface area contributed by atoms with Crippen molar-refractivity contribution >= 4 is 11.6 Å². The highest BCUT2D eigenvalue weighted by atomic mass is 35.5. The molecular formula is C10H12ClNO. The maximum atomic E-state index is 6.05. The second kappa shape index (κ2) is 3.56. The van der Waals surface area contributed by atoms with Crippen LogP contribution in [-0.4, -0.2) is 6.61 Å². The Hall–Kier alpha value is -0.730. The zero-order valence-electron chi connectivity index (χ0n) is 7.29. The molecule has 1 atom stereocenters. The van der Waals surface area contributed by atoms with Gasteiger partial charge in [0.25, 0.3) is 0 Å². The number of nitrogens with two attached hydrogens (primary N) is 1. The lowest BCUT2D eigenvalue weighted by Crippen LogP contribution is -2.09. The molecule has 0 aromatic heterocycles. The summed E-state index contributed by atoms with van der Waals surface area (Å²) < 4.78 is 5.54. The first-order chi connectivity index (χ1) is 6.29. The molecule has 2 nitrogen and oxygen atoms in total. The van der Waals surface area contributed by atoms with Gasteiger partial charge in [0.05, 0.1) is 6.61 Å². The van der Waals surface area contributed by atoms with Gasteiger partial charge >= 0.3 is 0 Å². The number of halogens is 1. The zero-order chi connectivity index (χ0) is 9.26. The highest BCUT2D eigenvalue weighted by Crippen LogP contribution is 2.35. The van der Waals surface area contributed by atoms with E-state index in [0.29, 0.717) is 5.02 Å². The third kappa shape index (κ3) is 1.64. The molecule has 1 aliphatic rings. The molecule has 0 bridgehead atoms. The molecule has 0 radical (unpaired) electrons. The van der Waals surface area contributed by atoms with Crippen LogP contribution in [0.4, 0.5) is 0 Å². The largest absolute Gasteiger partial charge is 0.493 e. The van der Waals surface area contributed by atoms with Gasteiger partial charge in [0.1, 0.15) is 5.75 Å². The van der Waals surface area contributed by atoms with Gasteiger partial charge < -0.3 is 10.5 Å². The fourth-order valence-corrected chi connectivity index (χ4v) is 1.94. The predicted octanol–water partition coefficient (Wildman–Crippen LogP) is 2.51. The molecule has 1 heterocycles. The lowest BCUT2D eigenvalue weighted by molar-refractivity contribution is 0.316. The van der Waals surface area contributed by atoms with Crippen LogP contribution in [0.5, 0.6) is 5.75 Å². The van der Waals surface area contributed by atoms with Crippen molar-refractivity contribution in [1.82, 2.24) is 0 Å². The van der Waals surface area contributed by atoms with E-state index in [1.165, 1.54) is 0 Å². The highest BCUT2D eigenvalue weighted by molar-refractivity contribution is 6.31. The highest BCUT2D eigenvalue weighted by Gasteiger charge is 2.18. The van der Waals surface area contributed by atoms with Crippen LogP contribution in [-0.2, 0) is 0 Å². The SMILES string of the molecule is NC1CCCOc2cccc(Cl)c21. The first-order valence-corrected chi connectivity index (χ1v) is 4.83. The monoisotopic (exact) mass is 197 g/mol. The molecule has 3 heteroatoms. The van der Waals surface area contributed by atoms with E-state index < -0.39 is 0 Å². The molecule has 70 valence electrons. The van der Waals surface area contributed by atoms with Gasteiger partial charge in [-0.1, -0.05) is 17.7 Å². The van der Waals surface area contributed by atoms with Gasteiger partial charge in [0.15, 0.2) is 0 Å². The molecule has 0 amide bonds. The third-order valence-corrected chi connectivity index (χ3v) is 2.63. The number of benzene rings is 1. The minimum Gasteiger partial charge on any atom is -0.493 e. The minimum atomic E-state index is 0.0196. The summed E-state index contributed by atoms with van der Waals surface area (Å²) in [5.41, 5.74) is 6.94. The molecule has 0 spiro atoms. The second-order valence-corrected chi connectivity index (χ2v) is 3.66. The number of hydrogen-bond donors (Lipinski definition) is 1. The van der Waals surface area contributed by atoms with Crippen LogP contribution >= 0.6 is 11.6 Å². The quantitative estimate of drug-likeness (QED) is 0.694. The average molecular weight is 198 g/mol. The van der Waals surface area contributed by atoms with Crippen molar-refractivity contribution in [3.05, 3.63) is 28.8 Å². The normalized spacial score (nSPS) is 21.5. The summed E-state index contributed by atoms with van der Waals surface area (Å²) in [6.45, 7) is 0.737. The van der Waals surface area contributed by atoms with Gasteiger partial charge in [-0.3, -0.25) is 0 Å². The van der Waals surface area contributed by atoms with Crippen LogP contribution in [0.1, 0.15) is 24.4 Å². The standard InChI is InChI=1S/C10H12ClNO/c11-7-3-1-5-9-10(7)8(12)4-2-6-13-9/h1,3,5,8H,2,4,6,12H2. The summed E-state index contributed by atoms with van der Waals surface area (Å²) in [5.74, 6) is 0.845. The molecule has 0 fully saturated rings. The summed E-state index contributed by atoms with van der Waals surface area (Å²) in [5, 5.41) is 0.715. The minimum absolute atomic E-state index is 0.0196. The molecule has 0 saturated heterocycles. The van der Waals surface area contributed by atoms with E-state index in [2.05, 4.69) is 0 Å². The Kier molecular flexibility index (Phi) is 2.42. The summed E-state index contributed by atoms with van der Waals surface area (Å²) in [7, 11) is 0. The van der Waals surface area contributed by atoms with E-state index in [9.17, 15) is 0 Å². The van der Waals surface area contributed by atoms with Gasteiger partial charge in [0.2, 0.25) is 0 Å². The smallest absolute Gasteiger partial charge is 0.125 e. The maximum absolute atomic E-state index is 6.05. The van der Waals surface area contributed by atoms with Crippen LogP contribution in [0, 0.1) is 0 Å². The van der Waals surface area contributed by atoms with Crippen molar-refractivity contribution in [2.45, 2.75) is 18.9 Å². The van der Waals surface area contributed by atoms with Crippen molar-refractivity contribution in [3.8, 4) is 5.75 Å². The predicted molar refractivity (Wildman–Crippen MR) is 53.1 cm³/mol. The Labute approximate surface area is 82.6 Å². The summed E-state index contributed by atoms with van der Waals surface area (Å²) in [4.78, 5) is 0. The van der Waals surface area contributed by atoms with Crippen molar-refractivity contribution in [1.29, 1.82) is 0 Å². The van der Waals surface area contributed by atoms with E-state index in [1.54, 1.807) is 0 Å². The van der Waals surface area contributed by atoms with Crippen LogP contribution in [0.3, 0.4) is 0 Å². The van der Waals surface area contributed by atoms with E-state index >= 15 is 0 Å². The van der Waals surface area contributed by atoms with Gasteiger partial charge in [-0.15, -0.1) is 0 Å². The molecule has 1 unspecified atom stereocenters. The lowest BCUT2D eigenvalue weighted by atomic mass is 10.0. The average Bonchev–Trinajstić information content (AvgIpc) is 2.29. The van der Waals surface area contributed by atoms with Crippen molar-refractivity contribution in [2.75, 3.05) is 6.61 Å². The van der Waals surface area contributed by atoms with Crippen molar-refractivity contribution in [2.24, 2.45) is 5.73 Å². The molecule has 1 aromatic rings. The first kappa shape index (κ1) is 8.85. The van der Waals surface area contributed by atoms with Gasteiger partial charge in [-0.25, -0.2) is 0 Å². The number of hydrogen-bond acceptors (Lipinski definition) is 2. The molecule has 2 N–H and O–H groups in total. The Bertz CT molecular complexity index is 314. The van der Waals surface area contributed by atoms with Crippen LogP contribution in [0.25, 0.3) is 0 Å². The molecule has 13 heavy (non-hydrogen) atoms. The number of fused-ring (bicyclic) bond motifs is 1. The summed E-state index contributed by atoms with van der Waals surface area (Å²) in [6.07, 6.45) is 1.93. The van der Waals surface area contributed by atoms with Crippen LogP contribution in [0.15, 0.2) is 18.2 Å². The van der Waals surface area contributed by atoms with E-state index in [-0.39, 0.29) is 6.04 Å². The molecule has 0 saturated carbocycles. The molecule has 1 aromatic carbocycles. The Morgan fingerprint density at radius 1 is 1.46 bits per heavy atom. The van der Waals surface area contributed by atoms with Gasteiger partial charge in [-0.05, 0) is 25.0 Å². The second-order valence-electron chi connectivity index (χ2n) is 3.25. The molecule has 0 aliphatic carbocycles. The van der Waals surface area contributed by atoms with E-state index in [1.807, 2.05) is 18.2 Å². The molecule has 2 rings (SSSR count). The topological polar surface area (TPSA) is 35.2 Å². The van der Waals surface area contributed by atoms with Crippen LogP contribution in [0.2, 0.25) is 5.02 Å². The van der Waals surface area contributed by atoms with Crippen LogP contribution < -0.4 is 10.5 Å². The van der Waals surface area contributed by atoms with Crippen molar-refractivity contribution in [3.63, 3.8) is 0 Å². The Morgan fingerprint density at radius 3 is 3.15 bits per heavy atom. The Balaban J connectivity index is 2.48. The molecular weight excluding hydrogens is 186 g/mol. The summed E-state index contributed by atoms with van der Waals surface area (Å²) >= 11 is 6.05. The number of rotatable bonds is 0. The fraction of sp³-hybridized carbons (Fsp3) is 0.400. The zero-order valence-corrected chi connectivity index (χ0v) is 8.05.